The number of methoxy groups -OCH3 is 2. The van der Waals surface area contributed by atoms with Crippen LogP contribution in [-0.2, 0) is 20.9 Å². The normalized spacial score (nSPS) is 13.2. The van der Waals surface area contributed by atoms with Crippen LogP contribution in [0, 0.1) is 11.8 Å². The van der Waals surface area contributed by atoms with Gasteiger partial charge >= 0.3 is 5.97 Å². The number of carbonyl (C=O) groups is 2. The third-order valence-electron chi connectivity index (χ3n) is 4.95. The van der Waals surface area contributed by atoms with Crippen molar-refractivity contribution in [2.24, 2.45) is 17.6 Å². The van der Waals surface area contributed by atoms with Gasteiger partial charge in [0, 0.05) is 31.1 Å². The Morgan fingerprint density at radius 3 is 2.39 bits per heavy atom. The molecule has 0 aliphatic heterocycles. The Balaban J connectivity index is 2.95. The van der Waals surface area contributed by atoms with E-state index in [-0.39, 0.29) is 18.9 Å². The maximum Gasteiger partial charge on any atom is 0.322 e. The Bertz CT molecular complexity index is 733. The van der Waals surface area contributed by atoms with E-state index in [2.05, 4.69) is 19.9 Å². The number of allylic oxidation sites excluding steroid dienone is 2. The fraction of sp³-hybridized carbons (Fsp3) is 0.583. The maximum atomic E-state index is 13.2. The lowest BCUT2D eigenvalue weighted by molar-refractivity contribution is -0.145. The monoisotopic (exact) mass is 434 g/mol. The third kappa shape index (κ3) is 9.00. The second-order valence-corrected chi connectivity index (χ2v) is 8.00. The van der Waals surface area contributed by atoms with Crippen LogP contribution < -0.4 is 15.2 Å². The number of amides is 1. The van der Waals surface area contributed by atoms with E-state index in [0.717, 1.165) is 12.0 Å². The minimum atomic E-state index is -0.837. The van der Waals surface area contributed by atoms with Crippen LogP contribution in [0.15, 0.2) is 30.4 Å². The molecule has 1 amide bonds. The molecule has 174 valence electrons. The maximum absolute atomic E-state index is 13.2. The number of rotatable bonds is 13. The van der Waals surface area contributed by atoms with Crippen molar-refractivity contribution in [1.82, 2.24) is 4.90 Å². The zero-order chi connectivity index (χ0) is 23.4. The van der Waals surface area contributed by atoms with Crippen LogP contribution >= 0.6 is 0 Å². The molecule has 0 bridgehead atoms. The van der Waals surface area contributed by atoms with E-state index in [0.29, 0.717) is 30.4 Å². The highest BCUT2D eigenvalue weighted by Crippen LogP contribution is 2.26. The van der Waals surface area contributed by atoms with Crippen molar-refractivity contribution in [2.75, 3.05) is 27.9 Å². The summed E-state index contributed by atoms with van der Waals surface area (Å²) in [5.41, 5.74) is 6.89. The molecule has 0 saturated heterocycles. The van der Waals surface area contributed by atoms with E-state index in [9.17, 15) is 9.59 Å². The van der Waals surface area contributed by atoms with Gasteiger partial charge in [0.25, 0.3) is 0 Å². The number of hydrogen-bond acceptors (Lipinski definition) is 6. The minimum absolute atomic E-state index is 0.0770. The molecule has 1 unspecified atom stereocenters. The van der Waals surface area contributed by atoms with Crippen LogP contribution in [0.1, 0.15) is 45.6 Å². The summed E-state index contributed by atoms with van der Waals surface area (Å²) < 4.78 is 15.7. The van der Waals surface area contributed by atoms with Crippen LogP contribution in [0.5, 0.6) is 11.5 Å². The van der Waals surface area contributed by atoms with Crippen LogP contribution in [-0.4, -0.2) is 50.7 Å². The minimum Gasteiger partial charge on any atom is -0.497 e. The number of esters is 1. The van der Waals surface area contributed by atoms with E-state index in [1.807, 2.05) is 18.2 Å². The lowest BCUT2D eigenvalue weighted by Gasteiger charge is -2.25. The number of benzene rings is 1. The summed E-state index contributed by atoms with van der Waals surface area (Å²) in [6, 6.07) is 4.66. The average molecular weight is 435 g/mol. The molecular formula is C24H38N2O5. The Kier molecular flexibility index (Phi) is 11.7. The fourth-order valence-corrected chi connectivity index (χ4v) is 3.21. The molecule has 7 heteroatoms. The summed E-state index contributed by atoms with van der Waals surface area (Å²) in [4.78, 5) is 26.9. The molecule has 1 rings (SSSR count). The van der Waals surface area contributed by atoms with Crippen molar-refractivity contribution in [2.45, 2.75) is 52.6 Å². The van der Waals surface area contributed by atoms with Gasteiger partial charge in [-0.05, 0) is 44.2 Å². The fourth-order valence-electron chi connectivity index (χ4n) is 3.21. The summed E-state index contributed by atoms with van der Waals surface area (Å²) in [6.07, 6.45) is 5.76. The lowest BCUT2D eigenvalue weighted by Crippen LogP contribution is -2.39. The topological polar surface area (TPSA) is 91.1 Å². The Morgan fingerprint density at radius 1 is 1.13 bits per heavy atom. The Morgan fingerprint density at radius 2 is 1.81 bits per heavy atom. The predicted octanol–water partition coefficient (Wildman–Crippen LogP) is 3.55. The van der Waals surface area contributed by atoms with Gasteiger partial charge in [0.05, 0.1) is 20.8 Å². The molecule has 0 aliphatic rings. The molecule has 0 radical (unpaired) electrons. The smallest absolute Gasteiger partial charge is 0.322 e. The number of nitrogens with two attached hydrogens (primary N) is 1. The van der Waals surface area contributed by atoms with Gasteiger partial charge in [-0.25, -0.2) is 0 Å². The first-order chi connectivity index (χ1) is 14.7. The number of carbonyl (C=O) groups excluding carboxylic acids is 2. The van der Waals surface area contributed by atoms with Crippen LogP contribution in [0.4, 0.5) is 0 Å². The standard InChI is InChI=1S/C24H38N2O5/c1-7-31-24(28)21(25)14-18(11-9-8-10-17(2)3)23(27)26(4)16-19-12-13-20(29-5)15-22(19)30-6/h8-9,12-13,15,17-18,21H,7,10-11,14,16,25H2,1-6H3/b9-8+/t18?,21-/m0/s1. The molecule has 0 spiro atoms. The van der Waals surface area contributed by atoms with Crippen LogP contribution in [0.25, 0.3) is 0 Å². The zero-order valence-electron chi connectivity index (χ0n) is 19.7. The van der Waals surface area contributed by atoms with Gasteiger partial charge < -0.3 is 24.8 Å². The summed E-state index contributed by atoms with van der Waals surface area (Å²) >= 11 is 0. The highest BCUT2D eigenvalue weighted by molar-refractivity contribution is 5.81. The number of nitrogens with zero attached hydrogens (tertiary/aromatic N) is 1. The van der Waals surface area contributed by atoms with E-state index < -0.39 is 17.9 Å². The molecule has 31 heavy (non-hydrogen) atoms. The van der Waals surface area contributed by atoms with Gasteiger partial charge in [-0.2, -0.15) is 0 Å². The predicted molar refractivity (Wildman–Crippen MR) is 122 cm³/mol. The summed E-state index contributed by atoms with van der Waals surface area (Å²) in [5.74, 6) is 0.894. The first-order valence-electron chi connectivity index (χ1n) is 10.8. The van der Waals surface area contributed by atoms with E-state index in [4.69, 9.17) is 19.9 Å². The average Bonchev–Trinajstić information content (AvgIpc) is 2.75. The molecule has 2 N–H and O–H groups in total. The molecule has 0 aromatic heterocycles. The molecule has 0 aliphatic carbocycles. The molecule has 0 saturated carbocycles. The quantitative estimate of drug-likeness (QED) is 0.377. The highest BCUT2D eigenvalue weighted by Gasteiger charge is 2.27. The zero-order valence-corrected chi connectivity index (χ0v) is 19.7. The molecular weight excluding hydrogens is 396 g/mol. The third-order valence-corrected chi connectivity index (χ3v) is 4.95. The summed E-state index contributed by atoms with van der Waals surface area (Å²) in [6.45, 7) is 6.64. The molecule has 7 nitrogen and oxygen atoms in total. The lowest BCUT2D eigenvalue weighted by atomic mass is 9.94. The van der Waals surface area contributed by atoms with E-state index >= 15 is 0 Å². The Hall–Kier alpha value is -2.54. The van der Waals surface area contributed by atoms with Crippen molar-refractivity contribution in [1.29, 1.82) is 0 Å². The molecule has 0 fully saturated rings. The van der Waals surface area contributed by atoms with Crippen molar-refractivity contribution >= 4 is 11.9 Å². The molecule has 2 atom stereocenters. The van der Waals surface area contributed by atoms with Gasteiger partial charge in [0.15, 0.2) is 0 Å². The number of ether oxygens (including phenoxy) is 3. The highest BCUT2D eigenvalue weighted by atomic mass is 16.5. The van der Waals surface area contributed by atoms with Gasteiger partial charge in [-0.1, -0.05) is 26.0 Å². The molecule has 1 aromatic rings. The van der Waals surface area contributed by atoms with Gasteiger partial charge in [-0.15, -0.1) is 0 Å². The van der Waals surface area contributed by atoms with Gasteiger partial charge in [0.1, 0.15) is 17.5 Å². The second-order valence-electron chi connectivity index (χ2n) is 8.00. The van der Waals surface area contributed by atoms with Crippen molar-refractivity contribution in [3.63, 3.8) is 0 Å². The SMILES string of the molecule is CCOC(=O)[C@@H](N)CC(C/C=C/CC(C)C)C(=O)N(C)Cc1ccc(OC)cc1OC. The number of hydrogen-bond donors (Lipinski definition) is 1. The Labute approximate surface area is 186 Å². The first-order valence-corrected chi connectivity index (χ1v) is 10.8. The largest absolute Gasteiger partial charge is 0.497 e. The summed E-state index contributed by atoms with van der Waals surface area (Å²) in [7, 11) is 4.92. The van der Waals surface area contributed by atoms with Gasteiger partial charge in [0.2, 0.25) is 5.91 Å². The van der Waals surface area contributed by atoms with Crippen molar-refractivity contribution in [3.05, 3.63) is 35.9 Å². The van der Waals surface area contributed by atoms with Gasteiger partial charge in [-0.3, -0.25) is 9.59 Å². The molecule has 0 heterocycles. The van der Waals surface area contributed by atoms with E-state index in [1.165, 1.54) is 0 Å². The first kappa shape index (κ1) is 26.5. The van der Waals surface area contributed by atoms with Crippen LogP contribution in [0.2, 0.25) is 0 Å². The second kappa shape index (κ2) is 13.7. The molecule has 1 aromatic carbocycles. The van der Waals surface area contributed by atoms with E-state index in [1.54, 1.807) is 39.2 Å². The van der Waals surface area contributed by atoms with Crippen molar-refractivity contribution < 1.29 is 23.8 Å². The van der Waals surface area contributed by atoms with Crippen molar-refractivity contribution in [3.8, 4) is 11.5 Å². The summed E-state index contributed by atoms with van der Waals surface area (Å²) in [5, 5.41) is 0. The van der Waals surface area contributed by atoms with Crippen LogP contribution in [0.3, 0.4) is 0 Å².